The van der Waals surface area contributed by atoms with Crippen LogP contribution < -0.4 is 5.73 Å². The van der Waals surface area contributed by atoms with Gasteiger partial charge in [0.1, 0.15) is 11.8 Å². The van der Waals surface area contributed by atoms with E-state index >= 15 is 0 Å². The lowest BCUT2D eigenvalue weighted by molar-refractivity contribution is -0.139. The number of nitrogens with two attached hydrogens (primary N) is 1. The van der Waals surface area contributed by atoms with Crippen molar-refractivity contribution in [2.45, 2.75) is 57.9 Å². The first-order valence-corrected chi connectivity index (χ1v) is 7.18. The molecule has 0 aromatic heterocycles. The van der Waals surface area contributed by atoms with Crippen LogP contribution in [-0.4, -0.2) is 22.9 Å². The zero-order valence-corrected chi connectivity index (χ0v) is 11.7. The summed E-state index contributed by atoms with van der Waals surface area (Å²) in [6, 6.07) is -0.865. The summed E-state index contributed by atoms with van der Waals surface area (Å²) in [5.74, 6) is -0.727. The van der Waals surface area contributed by atoms with Crippen LogP contribution >= 0.6 is 0 Å². The van der Waals surface area contributed by atoms with Crippen LogP contribution in [0.15, 0.2) is 12.2 Å². The number of hydrogen-bond acceptors (Lipinski definition) is 3. The van der Waals surface area contributed by atoms with Gasteiger partial charge in [0.2, 0.25) is 0 Å². The summed E-state index contributed by atoms with van der Waals surface area (Å²) in [6.07, 6.45) is 10.4. The molecule has 0 radical (unpaired) electrons. The lowest BCUT2D eigenvalue weighted by atomic mass is 9.87. The second-order valence-electron chi connectivity index (χ2n) is 5.63. The zero-order chi connectivity index (χ0) is 14.3. The van der Waals surface area contributed by atoms with E-state index in [0.29, 0.717) is 12.8 Å². The Bertz CT molecular complexity index is 338. The molecule has 0 heterocycles. The molecule has 0 aromatic carbocycles. The fourth-order valence-corrected chi connectivity index (χ4v) is 2.54. The summed E-state index contributed by atoms with van der Waals surface area (Å²) >= 11 is 0. The molecule has 0 aromatic rings. The van der Waals surface area contributed by atoms with Crippen LogP contribution in [0.5, 0.6) is 0 Å². The number of carboxylic acid groups (broad SMARTS) is 1. The van der Waals surface area contributed by atoms with E-state index in [1.165, 1.54) is 12.8 Å². The Morgan fingerprint density at radius 3 is 2.79 bits per heavy atom. The van der Waals surface area contributed by atoms with Gasteiger partial charge in [-0.3, -0.25) is 9.59 Å². The van der Waals surface area contributed by atoms with E-state index in [-0.39, 0.29) is 17.6 Å². The smallest absolute Gasteiger partial charge is 0.320 e. The van der Waals surface area contributed by atoms with Crippen molar-refractivity contribution in [3.8, 4) is 0 Å². The summed E-state index contributed by atoms with van der Waals surface area (Å²) in [7, 11) is 0. The van der Waals surface area contributed by atoms with Gasteiger partial charge in [-0.25, -0.2) is 0 Å². The van der Waals surface area contributed by atoms with Crippen molar-refractivity contribution in [2.75, 3.05) is 0 Å². The van der Waals surface area contributed by atoms with Gasteiger partial charge in [-0.1, -0.05) is 31.9 Å². The van der Waals surface area contributed by atoms with Crippen molar-refractivity contribution >= 4 is 11.8 Å². The van der Waals surface area contributed by atoms with E-state index in [1.54, 1.807) is 0 Å². The molecule has 108 valence electrons. The average molecular weight is 267 g/mol. The molecule has 19 heavy (non-hydrogen) atoms. The van der Waals surface area contributed by atoms with Gasteiger partial charge in [-0.15, -0.1) is 0 Å². The number of ketones is 1. The number of allylic oxidation sites excluding steroid dienone is 2. The molecule has 3 N–H and O–H groups in total. The van der Waals surface area contributed by atoms with Gasteiger partial charge in [0.25, 0.3) is 0 Å². The van der Waals surface area contributed by atoms with Crippen molar-refractivity contribution in [2.24, 2.45) is 17.6 Å². The van der Waals surface area contributed by atoms with Crippen LogP contribution in [0, 0.1) is 11.8 Å². The van der Waals surface area contributed by atoms with E-state index in [9.17, 15) is 9.59 Å². The average Bonchev–Trinajstić information content (AvgIpc) is 2.27. The van der Waals surface area contributed by atoms with Gasteiger partial charge in [0.15, 0.2) is 0 Å². The number of carbonyl (C=O) groups is 2. The number of carbonyl (C=O) groups excluding carboxylic acids is 1. The van der Waals surface area contributed by atoms with Crippen LogP contribution in [0.1, 0.15) is 51.9 Å². The first-order valence-electron chi connectivity index (χ1n) is 7.18. The number of rotatable bonds is 6. The fraction of sp³-hybridized carbons (Fsp3) is 0.733. The number of hydrogen-bond donors (Lipinski definition) is 2. The summed E-state index contributed by atoms with van der Waals surface area (Å²) in [4.78, 5) is 22.9. The molecule has 4 nitrogen and oxygen atoms in total. The molecule has 0 bridgehead atoms. The third-order valence-electron chi connectivity index (χ3n) is 3.69. The fourth-order valence-electron chi connectivity index (χ4n) is 2.54. The SMILES string of the molecule is CC(CC(=O)C1C=CCCCCC1)C[C@H](N)C(=O)O. The lowest BCUT2D eigenvalue weighted by Gasteiger charge is -2.18. The highest BCUT2D eigenvalue weighted by atomic mass is 16.4. The lowest BCUT2D eigenvalue weighted by Crippen LogP contribution is -2.32. The topological polar surface area (TPSA) is 80.4 Å². The first-order chi connectivity index (χ1) is 9.00. The van der Waals surface area contributed by atoms with Gasteiger partial charge in [-0.05, 0) is 31.6 Å². The van der Waals surface area contributed by atoms with Crippen LogP contribution in [-0.2, 0) is 9.59 Å². The predicted octanol–water partition coefficient (Wildman–Crippen LogP) is 2.52. The molecule has 1 aliphatic carbocycles. The van der Waals surface area contributed by atoms with Crippen molar-refractivity contribution in [3.63, 3.8) is 0 Å². The number of Topliss-reactive ketones (excluding diaryl/α,β-unsaturated/α-hetero) is 1. The van der Waals surface area contributed by atoms with Crippen molar-refractivity contribution in [3.05, 3.63) is 12.2 Å². The van der Waals surface area contributed by atoms with Crippen LogP contribution in [0.2, 0.25) is 0 Å². The number of carboxylic acids is 1. The van der Waals surface area contributed by atoms with Gasteiger partial charge in [-0.2, -0.15) is 0 Å². The molecular weight excluding hydrogens is 242 g/mol. The summed E-state index contributed by atoms with van der Waals surface area (Å²) in [5.41, 5.74) is 5.49. The number of aliphatic carboxylic acids is 1. The second kappa shape index (κ2) is 8.10. The van der Waals surface area contributed by atoms with Crippen LogP contribution in [0.25, 0.3) is 0 Å². The molecule has 4 heteroatoms. The quantitative estimate of drug-likeness (QED) is 0.725. The highest BCUT2D eigenvalue weighted by Crippen LogP contribution is 2.21. The Hall–Kier alpha value is -1.16. The van der Waals surface area contributed by atoms with Gasteiger partial charge < -0.3 is 10.8 Å². The largest absolute Gasteiger partial charge is 0.480 e. The normalized spacial score (nSPS) is 23.2. The molecule has 1 rings (SSSR count). The summed E-state index contributed by atoms with van der Waals surface area (Å²) in [6.45, 7) is 1.90. The van der Waals surface area contributed by atoms with Gasteiger partial charge in [0.05, 0.1) is 0 Å². The maximum atomic E-state index is 12.2. The standard InChI is InChI=1S/C15H25NO3/c1-11(9-13(16)15(18)19)10-14(17)12-7-5-3-2-4-6-8-12/h5,7,11-13H,2-4,6,8-10,16H2,1H3,(H,18,19)/t11?,12?,13-/m0/s1. The summed E-state index contributed by atoms with van der Waals surface area (Å²) < 4.78 is 0. The zero-order valence-electron chi connectivity index (χ0n) is 11.7. The van der Waals surface area contributed by atoms with Gasteiger partial charge >= 0.3 is 5.97 Å². The maximum absolute atomic E-state index is 12.2. The second-order valence-corrected chi connectivity index (χ2v) is 5.63. The third kappa shape index (κ3) is 6.01. The molecule has 0 spiro atoms. The molecular formula is C15H25NO3. The van der Waals surface area contributed by atoms with Gasteiger partial charge in [0, 0.05) is 12.3 Å². The molecule has 0 saturated carbocycles. The molecule has 3 atom stereocenters. The molecule has 2 unspecified atom stereocenters. The Balaban J connectivity index is 2.43. The minimum absolute atomic E-state index is 0.0174. The first kappa shape index (κ1) is 15.9. The monoisotopic (exact) mass is 267 g/mol. The highest BCUT2D eigenvalue weighted by Gasteiger charge is 2.21. The molecule has 0 fully saturated rings. The third-order valence-corrected chi connectivity index (χ3v) is 3.69. The van der Waals surface area contributed by atoms with E-state index in [1.807, 2.05) is 13.0 Å². The van der Waals surface area contributed by atoms with Crippen molar-refractivity contribution in [1.29, 1.82) is 0 Å². The maximum Gasteiger partial charge on any atom is 0.320 e. The van der Waals surface area contributed by atoms with E-state index < -0.39 is 12.0 Å². The van der Waals surface area contributed by atoms with Crippen molar-refractivity contribution in [1.82, 2.24) is 0 Å². The van der Waals surface area contributed by atoms with E-state index in [2.05, 4.69) is 6.08 Å². The van der Waals surface area contributed by atoms with E-state index in [0.717, 1.165) is 19.3 Å². The molecule has 1 aliphatic rings. The summed E-state index contributed by atoms with van der Waals surface area (Å²) in [5, 5.41) is 8.76. The van der Waals surface area contributed by atoms with E-state index in [4.69, 9.17) is 10.8 Å². The molecule has 0 aliphatic heterocycles. The minimum atomic E-state index is -0.995. The molecule has 0 saturated heterocycles. The minimum Gasteiger partial charge on any atom is -0.480 e. The van der Waals surface area contributed by atoms with Crippen LogP contribution in [0.3, 0.4) is 0 Å². The van der Waals surface area contributed by atoms with Crippen LogP contribution in [0.4, 0.5) is 0 Å². The molecule has 0 amide bonds. The Labute approximate surface area is 115 Å². The Kier molecular flexibility index (Phi) is 6.78. The Morgan fingerprint density at radius 2 is 2.11 bits per heavy atom. The van der Waals surface area contributed by atoms with Crippen molar-refractivity contribution < 1.29 is 14.7 Å². The predicted molar refractivity (Wildman–Crippen MR) is 74.7 cm³/mol. The Morgan fingerprint density at radius 1 is 1.37 bits per heavy atom. The highest BCUT2D eigenvalue weighted by molar-refractivity contribution is 5.83.